The molecule has 2 aliphatic heterocycles. The summed E-state index contributed by atoms with van der Waals surface area (Å²) in [6.45, 7) is 6.92. The first-order chi connectivity index (χ1) is 15.8. The van der Waals surface area contributed by atoms with E-state index in [1.807, 2.05) is 0 Å². The van der Waals surface area contributed by atoms with Crippen LogP contribution >= 0.6 is 0 Å². The van der Waals surface area contributed by atoms with Crippen molar-refractivity contribution in [1.82, 2.24) is 20.2 Å². The number of benzene rings is 1. The third kappa shape index (κ3) is 5.74. The first-order valence-electron chi connectivity index (χ1n) is 11.2. The van der Waals surface area contributed by atoms with E-state index in [4.69, 9.17) is 9.47 Å². The summed E-state index contributed by atoms with van der Waals surface area (Å²) in [4.78, 5) is 22.0. The molecule has 2 N–H and O–H groups in total. The van der Waals surface area contributed by atoms with Gasteiger partial charge in [-0.3, -0.25) is 9.69 Å². The van der Waals surface area contributed by atoms with Crippen molar-refractivity contribution in [3.63, 3.8) is 0 Å². The number of rotatable bonds is 7. The number of carbonyl (C=O) groups is 1. The average molecular weight is 467 g/mol. The molecule has 1 amide bonds. The molecule has 33 heavy (non-hydrogen) atoms. The van der Waals surface area contributed by atoms with Gasteiger partial charge in [0, 0.05) is 32.3 Å². The van der Waals surface area contributed by atoms with Crippen LogP contribution in [0.5, 0.6) is 0 Å². The lowest BCUT2D eigenvalue weighted by Crippen LogP contribution is -2.45. The summed E-state index contributed by atoms with van der Waals surface area (Å²) in [5.74, 6) is -0.121. The maximum atomic E-state index is 13.3. The maximum absolute atomic E-state index is 13.3. The molecule has 0 aliphatic carbocycles. The topological polar surface area (TPSA) is 79.5 Å². The van der Waals surface area contributed by atoms with Gasteiger partial charge < -0.3 is 19.8 Å². The highest BCUT2D eigenvalue weighted by Crippen LogP contribution is 2.33. The molecular weight excluding hydrogens is 437 g/mol. The van der Waals surface area contributed by atoms with Gasteiger partial charge in [0.05, 0.1) is 36.3 Å². The first kappa shape index (κ1) is 23.7. The summed E-state index contributed by atoms with van der Waals surface area (Å²) in [7, 11) is 0. The number of aromatic amines is 1. The van der Waals surface area contributed by atoms with Crippen LogP contribution < -0.4 is 5.32 Å². The van der Waals surface area contributed by atoms with Crippen LogP contribution in [0.1, 0.15) is 30.7 Å². The molecule has 2 saturated heterocycles. The van der Waals surface area contributed by atoms with E-state index in [0.717, 1.165) is 38.5 Å². The molecule has 1 aromatic heterocycles. The van der Waals surface area contributed by atoms with Gasteiger partial charge in [-0.2, -0.15) is 13.2 Å². The standard InChI is InChI=1S/C23H29F3N4O3/c1-2-9-33-19-14-30(15-5-4-10-32-11-8-15)13-18(19)28-21(31)12-20-27-17-7-3-6-16(22(17)29-20)23(24,25)26/h2-3,6-7,15,18-19H,1,4-5,8-14H2,(H,27,29)(H,28,31)/t15?,18?,19-/m0/s1. The van der Waals surface area contributed by atoms with Crippen LogP contribution in [0.3, 0.4) is 0 Å². The third-order valence-corrected chi connectivity index (χ3v) is 6.20. The van der Waals surface area contributed by atoms with Crippen molar-refractivity contribution < 1.29 is 27.4 Å². The maximum Gasteiger partial charge on any atom is 0.418 e. The molecular formula is C23H29F3N4O3. The number of hydrogen-bond acceptors (Lipinski definition) is 5. The molecule has 0 saturated carbocycles. The number of para-hydroxylation sites is 1. The Kier molecular flexibility index (Phi) is 7.35. The van der Waals surface area contributed by atoms with E-state index in [0.29, 0.717) is 25.7 Å². The summed E-state index contributed by atoms with van der Waals surface area (Å²) < 4.78 is 51.2. The van der Waals surface area contributed by atoms with E-state index in [9.17, 15) is 18.0 Å². The largest absolute Gasteiger partial charge is 0.418 e. The monoisotopic (exact) mass is 466 g/mol. The smallest absolute Gasteiger partial charge is 0.381 e. The zero-order valence-electron chi connectivity index (χ0n) is 18.4. The number of nitrogens with one attached hydrogen (secondary N) is 2. The number of fused-ring (bicyclic) bond motifs is 1. The molecule has 0 bridgehead atoms. The molecule has 2 aromatic rings. The van der Waals surface area contributed by atoms with Gasteiger partial charge in [-0.05, 0) is 31.4 Å². The Morgan fingerprint density at radius 2 is 2.18 bits per heavy atom. The van der Waals surface area contributed by atoms with E-state index >= 15 is 0 Å². The lowest BCUT2D eigenvalue weighted by molar-refractivity contribution is -0.136. The van der Waals surface area contributed by atoms with Crippen LogP contribution in [0.15, 0.2) is 30.9 Å². The van der Waals surface area contributed by atoms with Crippen molar-refractivity contribution in [3.05, 3.63) is 42.2 Å². The van der Waals surface area contributed by atoms with Gasteiger partial charge in [0.15, 0.2) is 0 Å². The molecule has 4 rings (SSSR count). The van der Waals surface area contributed by atoms with Gasteiger partial charge >= 0.3 is 6.18 Å². The Bertz CT molecular complexity index is 970. The van der Waals surface area contributed by atoms with E-state index in [2.05, 4.69) is 26.8 Å². The molecule has 180 valence electrons. The highest BCUT2D eigenvalue weighted by molar-refractivity contribution is 5.82. The van der Waals surface area contributed by atoms with Crippen LogP contribution in [0.4, 0.5) is 13.2 Å². The molecule has 1 aromatic carbocycles. The number of carbonyl (C=O) groups excluding carboxylic acids is 1. The van der Waals surface area contributed by atoms with Gasteiger partial charge in [-0.15, -0.1) is 6.58 Å². The van der Waals surface area contributed by atoms with Crippen molar-refractivity contribution >= 4 is 16.9 Å². The average Bonchev–Trinajstić information content (AvgIpc) is 3.24. The normalized spacial score (nSPS) is 24.6. The Hall–Kier alpha value is -2.43. The van der Waals surface area contributed by atoms with Crippen LogP contribution in [-0.4, -0.2) is 71.9 Å². The van der Waals surface area contributed by atoms with Crippen molar-refractivity contribution in [2.75, 3.05) is 32.9 Å². The zero-order valence-corrected chi connectivity index (χ0v) is 18.4. The van der Waals surface area contributed by atoms with E-state index < -0.39 is 11.7 Å². The molecule has 3 atom stereocenters. The quantitative estimate of drug-likeness (QED) is 0.614. The van der Waals surface area contributed by atoms with E-state index in [1.165, 1.54) is 12.1 Å². The minimum atomic E-state index is -4.51. The van der Waals surface area contributed by atoms with Crippen LogP contribution in [0.2, 0.25) is 0 Å². The second-order valence-electron chi connectivity index (χ2n) is 8.55. The lowest BCUT2D eigenvalue weighted by atomic mass is 10.1. The van der Waals surface area contributed by atoms with Crippen molar-refractivity contribution in [2.45, 2.75) is 50.0 Å². The molecule has 10 heteroatoms. The van der Waals surface area contributed by atoms with Crippen LogP contribution in [0.25, 0.3) is 11.0 Å². The molecule has 2 unspecified atom stereocenters. The number of ether oxygens (including phenoxy) is 2. The van der Waals surface area contributed by atoms with Gasteiger partial charge in [0.1, 0.15) is 11.3 Å². The molecule has 7 nitrogen and oxygen atoms in total. The highest BCUT2D eigenvalue weighted by atomic mass is 19.4. The van der Waals surface area contributed by atoms with Crippen molar-refractivity contribution in [2.24, 2.45) is 0 Å². The summed E-state index contributed by atoms with van der Waals surface area (Å²) in [5.41, 5.74) is -0.746. The highest BCUT2D eigenvalue weighted by Gasteiger charge is 2.38. The van der Waals surface area contributed by atoms with Crippen molar-refractivity contribution in [3.8, 4) is 0 Å². The number of likely N-dealkylation sites (tertiary alicyclic amines) is 1. The summed E-state index contributed by atoms with van der Waals surface area (Å²) in [5, 5.41) is 3.01. The Morgan fingerprint density at radius 1 is 1.33 bits per heavy atom. The van der Waals surface area contributed by atoms with E-state index in [-0.39, 0.29) is 41.3 Å². The summed E-state index contributed by atoms with van der Waals surface area (Å²) in [6, 6.07) is 3.97. The first-order valence-corrected chi connectivity index (χ1v) is 11.2. The predicted octanol–water partition coefficient (Wildman–Crippen LogP) is 3.06. The minimum absolute atomic E-state index is 0.145. The fourth-order valence-electron chi connectivity index (χ4n) is 4.66. The SMILES string of the molecule is C=CCO[C@H]1CN(C2CCCOCC2)CC1NC(=O)Cc1nc2c(C(F)(F)F)cccc2[nH]1. The van der Waals surface area contributed by atoms with Gasteiger partial charge in [-0.1, -0.05) is 12.1 Å². The Labute approximate surface area is 190 Å². The number of aromatic nitrogens is 2. The summed E-state index contributed by atoms with van der Waals surface area (Å²) in [6.07, 6.45) is -0.196. The number of amides is 1. The second-order valence-corrected chi connectivity index (χ2v) is 8.55. The lowest BCUT2D eigenvalue weighted by Gasteiger charge is -2.26. The van der Waals surface area contributed by atoms with Crippen LogP contribution in [-0.2, 0) is 26.9 Å². The summed E-state index contributed by atoms with van der Waals surface area (Å²) >= 11 is 0. The molecule has 2 aliphatic rings. The van der Waals surface area contributed by atoms with Gasteiger partial charge in [-0.25, -0.2) is 4.98 Å². The number of alkyl halides is 3. The predicted molar refractivity (Wildman–Crippen MR) is 117 cm³/mol. The Morgan fingerprint density at radius 3 is 2.97 bits per heavy atom. The zero-order chi connectivity index (χ0) is 23.4. The molecule has 0 spiro atoms. The minimum Gasteiger partial charge on any atom is -0.381 e. The number of H-pyrrole nitrogens is 1. The number of nitrogens with zero attached hydrogens (tertiary/aromatic N) is 2. The fraction of sp³-hybridized carbons (Fsp3) is 0.565. The number of hydrogen-bond donors (Lipinski definition) is 2. The second kappa shape index (κ2) is 10.2. The fourth-order valence-corrected chi connectivity index (χ4v) is 4.66. The number of halogens is 3. The molecule has 0 radical (unpaired) electrons. The Balaban J connectivity index is 1.43. The third-order valence-electron chi connectivity index (χ3n) is 6.20. The van der Waals surface area contributed by atoms with E-state index in [1.54, 1.807) is 6.08 Å². The molecule has 3 heterocycles. The van der Waals surface area contributed by atoms with Crippen molar-refractivity contribution in [1.29, 1.82) is 0 Å². The van der Waals surface area contributed by atoms with Gasteiger partial charge in [0.2, 0.25) is 5.91 Å². The van der Waals surface area contributed by atoms with Crippen LogP contribution in [0, 0.1) is 0 Å². The molecule has 2 fully saturated rings. The number of imidazole rings is 1. The van der Waals surface area contributed by atoms with Gasteiger partial charge in [0.25, 0.3) is 0 Å².